The second-order valence-electron chi connectivity index (χ2n) is 5.82. The number of hydrogen-bond donors (Lipinski definition) is 2. The number of fused-ring (bicyclic) bond motifs is 1. The number of thiophene rings is 1. The third-order valence-electron chi connectivity index (χ3n) is 3.99. The van der Waals surface area contributed by atoms with Gasteiger partial charge in [-0.2, -0.15) is 0 Å². The van der Waals surface area contributed by atoms with Crippen LogP contribution >= 0.6 is 11.3 Å². The average molecular weight is 341 g/mol. The van der Waals surface area contributed by atoms with E-state index in [1.807, 2.05) is 6.92 Å². The number of carboxylic acids is 1. The van der Waals surface area contributed by atoms with Crippen LogP contribution in [0.15, 0.2) is 23.6 Å². The van der Waals surface area contributed by atoms with Gasteiger partial charge in [-0.3, -0.25) is 4.79 Å². The van der Waals surface area contributed by atoms with Crippen LogP contribution in [0.3, 0.4) is 0 Å². The van der Waals surface area contributed by atoms with Gasteiger partial charge in [-0.1, -0.05) is 18.2 Å². The van der Waals surface area contributed by atoms with E-state index in [0.717, 1.165) is 21.3 Å². The minimum atomic E-state index is -0.829. The second kappa shape index (κ2) is 6.57. The van der Waals surface area contributed by atoms with Gasteiger partial charge >= 0.3 is 5.97 Å². The molecule has 3 aromatic rings. The van der Waals surface area contributed by atoms with Crippen LogP contribution < -0.4 is 5.32 Å². The first kappa shape index (κ1) is 16.4. The summed E-state index contributed by atoms with van der Waals surface area (Å²) >= 11 is 1.58. The summed E-state index contributed by atoms with van der Waals surface area (Å²) in [6.07, 6.45) is 0.0493. The zero-order valence-electron chi connectivity index (χ0n) is 13.9. The fourth-order valence-electron chi connectivity index (χ4n) is 2.59. The number of anilines is 1. The Hall–Kier alpha value is -2.47. The molecule has 0 amide bonds. The molecule has 0 spiro atoms. The Bertz CT molecular complexity index is 918. The van der Waals surface area contributed by atoms with E-state index in [1.54, 1.807) is 11.3 Å². The summed E-state index contributed by atoms with van der Waals surface area (Å²) in [6.45, 7) is 6.37. The number of rotatable bonds is 5. The zero-order valence-corrected chi connectivity index (χ0v) is 14.7. The molecule has 0 atom stereocenters. The molecule has 0 aliphatic carbocycles. The molecule has 0 saturated carbocycles. The normalized spacial score (nSPS) is 11.0. The molecule has 0 unspecified atom stereocenters. The Kier molecular flexibility index (Phi) is 4.49. The van der Waals surface area contributed by atoms with E-state index in [-0.39, 0.29) is 6.42 Å². The first-order valence-corrected chi connectivity index (χ1v) is 8.63. The third-order valence-corrected chi connectivity index (χ3v) is 4.87. The molecule has 0 aliphatic heterocycles. The molecule has 0 radical (unpaired) electrons. The maximum absolute atomic E-state index is 10.8. The average Bonchev–Trinajstić information content (AvgIpc) is 2.93. The van der Waals surface area contributed by atoms with Crippen LogP contribution in [-0.2, 0) is 4.79 Å². The molecule has 6 heteroatoms. The zero-order chi connectivity index (χ0) is 17.3. The van der Waals surface area contributed by atoms with Crippen LogP contribution in [0.4, 0.5) is 5.82 Å². The Labute approximate surface area is 144 Å². The van der Waals surface area contributed by atoms with Gasteiger partial charge in [0, 0.05) is 17.5 Å². The van der Waals surface area contributed by atoms with E-state index < -0.39 is 5.97 Å². The number of nitrogens with zero attached hydrogens (tertiary/aromatic N) is 2. The molecule has 5 nitrogen and oxygen atoms in total. The van der Waals surface area contributed by atoms with Gasteiger partial charge in [0.05, 0.1) is 11.8 Å². The largest absolute Gasteiger partial charge is 0.481 e. The van der Waals surface area contributed by atoms with E-state index in [0.29, 0.717) is 18.2 Å². The maximum atomic E-state index is 10.8. The van der Waals surface area contributed by atoms with Crippen molar-refractivity contribution in [2.45, 2.75) is 27.2 Å². The third kappa shape index (κ3) is 3.23. The molecule has 2 aromatic heterocycles. The smallest absolute Gasteiger partial charge is 0.305 e. The van der Waals surface area contributed by atoms with Crippen molar-refractivity contribution in [2.75, 3.05) is 11.9 Å². The predicted molar refractivity (Wildman–Crippen MR) is 97.8 cm³/mol. The summed E-state index contributed by atoms with van der Waals surface area (Å²) in [7, 11) is 0. The summed E-state index contributed by atoms with van der Waals surface area (Å²) in [5, 5.41) is 15.0. The number of nitrogens with one attached hydrogen (secondary N) is 1. The summed E-state index contributed by atoms with van der Waals surface area (Å²) in [6, 6.07) is 6.38. The monoisotopic (exact) mass is 341 g/mol. The quantitative estimate of drug-likeness (QED) is 0.728. The molecule has 2 N–H and O–H groups in total. The molecule has 0 fully saturated rings. The molecule has 0 aliphatic rings. The van der Waals surface area contributed by atoms with Crippen molar-refractivity contribution >= 4 is 33.3 Å². The fourth-order valence-corrected chi connectivity index (χ4v) is 3.58. The lowest BCUT2D eigenvalue weighted by Crippen LogP contribution is -2.09. The first-order chi connectivity index (χ1) is 11.5. The van der Waals surface area contributed by atoms with Gasteiger partial charge < -0.3 is 10.4 Å². The Morgan fingerprint density at radius 1 is 1.21 bits per heavy atom. The number of benzene rings is 1. The number of aliphatic carboxylic acids is 1. The highest BCUT2D eigenvalue weighted by molar-refractivity contribution is 7.17. The minimum absolute atomic E-state index is 0.0493. The van der Waals surface area contributed by atoms with Gasteiger partial charge in [-0.25, -0.2) is 9.97 Å². The van der Waals surface area contributed by atoms with E-state index >= 15 is 0 Å². The van der Waals surface area contributed by atoms with Crippen molar-refractivity contribution in [3.05, 3.63) is 40.5 Å². The lowest BCUT2D eigenvalue weighted by molar-refractivity contribution is -0.136. The summed E-state index contributed by atoms with van der Waals surface area (Å²) in [4.78, 5) is 20.7. The van der Waals surface area contributed by atoms with E-state index in [9.17, 15) is 4.79 Å². The number of hydrogen-bond acceptors (Lipinski definition) is 5. The van der Waals surface area contributed by atoms with E-state index in [2.05, 4.69) is 52.7 Å². The van der Waals surface area contributed by atoms with Crippen LogP contribution in [0, 0.1) is 20.8 Å². The second-order valence-corrected chi connectivity index (χ2v) is 6.68. The summed E-state index contributed by atoms with van der Waals surface area (Å²) in [5.41, 5.74) is 4.69. The van der Waals surface area contributed by atoms with Crippen LogP contribution in [0.1, 0.15) is 23.4 Å². The Balaban J connectivity index is 2.08. The van der Waals surface area contributed by atoms with Crippen LogP contribution in [0.25, 0.3) is 21.3 Å². The highest BCUT2D eigenvalue weighted by Gasteiger charge is 2.15. The highest BCUT2D eigenvalue weighted by atomic mass is 32.1. The van der Waals surface area contributed by atoms with Crippen LogP contribution in [0.2, 0.25) is 0 Å². The maximum Gasteiger partial charge on any atom is 0.305 e. The minimum Gasteiger partial charge on any atom is -0.481 e. The van der Waals surface area contributed by atoms with Gasteiger partial charge in [0.2, 0.25) is 0 Å². The SMILES string of the molecule is Cc1nc(NCCC(=O)O)c2c(-c3ccc(C)c(C)c3)csc2n1. The van der Waals surface area contributed by atoms with E-state index in [1.165, 1.54) is 11.1 Å². The molecular formula is C18H19N3O2S. The standard InChI is InChI=1S/C18H19N3O2S/c1-10-4-5-13(8-11(10)2)14-9-24-18-16(14)17(20-12(3)21-18)19-7-6-15(22)23/h4-5,8-9H,6-7H2,1-3H3,(H,22,23)(H,19,20,21). The number of carboxylic acid groups (broad SMARTS) is 1. The Morgan fingerprint density at radius 2 is 2.00 bits per heavy atom. The van der Waals surface area contributed by atoms with Gasteiger partial charge in [0.1, 0.15) is 16.5 Å². The van der Waals surface area contributed by atoms with E-state index in [4.69, 9.17) is 5.11 Å². The van der Waals surface area contributed by atoms with Crippen molar-refractivity contribution in [2.24, 2.45) is 0 Å². The van der Waals surface area contributed by atoms with Crippen molar-refractivity contribution in [1.29, 1.82) is 0 Å². The van der Waals surface area contributed by atoms with Crippen molar-refractivity contribution in [1.82, 2.24) is 9.97 Å². The molecule has 0 saturated heterocycles. The van der Waals surface area contributed by atoms with Crippen LogP contribution in [-0.4, -0.2) is 27.6 Å². The molecular weight excluding hydrogens is 322 g/mol. The van der Waals surface area contributed by atoms with Gasteiger partial charge in [-0.15, -0.1) is 11.3 Å². The molecule has 3 rings (SSSR count). The van der Waals surface area contributed by atoms with Gasteiger partial charge in [0.25, 0.3) is 0 Å². The lowest BCUT2D eigenvalue weighted by atomic mass is 10.0. The molecule has 124 valence electrons. The molecule has 0 bridgehead atoms. The molecule has 2 heterocycles. The van der Waals surface area contributed by atoms with Crippen molar-refractivity contribution in [3.8, 4) is 11.1 Å². The number of carbonyl (C=O) groups is 1. The van der Waals surface area contributed by atoms with Gasteiger partial charge in [-0.05, 0) is 37.5 Å². The fraction of sp³-hybridized carbons (Fsp3) is 0.278. The molecule has 1 aromatic carbocycles. The molecule has 24 heavy (non-hydrogen) atoms. The lowest BCUT2D eigenvalue weighted by Gasteiger charge is -2.09. The van der Waals surface area contributed by atoms with Crippen LogP contribution in [0.5, 0.6) is 0 Å². The number of aromatic nitrogens is 2. The Morgan fingerprint density at radius 3 is 2.71 bits per heavy atom. The van der Waals surface area contributed by atoms with Gasteiger partial charge in [0.15, 0.2) is 0 Å². The predicted octanol–water partition coefficient (Wildman–Crippen LogP) is 4.17. The summed E-state index contributed by atoms with van der Waals surface area (Å²) < 4.78 is 0. The van der Waals surface area contributed by atoms with Crippen molar-refractivity contribution < 1.29 is 9.90 Å². The number of aryl methyl sites for hydroxylation is 3. The summed E-state index contributed by atoms with van der Waals surface area (Å²) in [5.74, 6) is 0.547. The highest BCUT2D eigenvalue weighted by Crippen LogP contribution is 2.37. The first-order valence-electron chi connectivity index (χ1n) is 7.75. The van der Waals surface area contributed by atoms with Crippen molar-refractivity contribution in [3.63, 3.8) is 0 Å². The topological polar surface area (TPSA) is 75.1 Å².